The first kappa shape index (κ1) is 16.6. The highest BCUT2D eigenvalue weighted by atomic mass is 19.1. The number of halogens is 1. The Balaban J connectivity index is 1.45. The van der Waals surface area contributed by atoms with E-state index in [2.05, 4.69) is 26.3 Å². The highest BCUT2D eigenvalue weighted by molar-refractivity contribution is 5.89. The second kappa shape index (κ2) is 7.15. The predicted octanol–water partition coefficient (Wildman–Crippen LogP) is 3.72. The van der Waals surface area contributed by atoms with Crippen LogP contribution < -0.4 is 15.0 Å². The summed E-state index contributed by atoms with van der Waals surface area (Å²) in [7, 11) is 1.70. The number of fused-ring (bicyclic) bond motifs is 1. The molecule has 3 aromatic rings. The van der Waals surface area contributed by atoms with Crippen molar-refractivity contribution in [2.24, 2.45) is 5.92 Å². The highest BCUT2D eigenvalue weighted by Crippen LogP contribution is 2.32. The van der Waals surface area contributed by atoms with E-state index in [1.165, 1.54) is 12.4 Å². The van der Waals surface area contributed by atoms with E-state index in [0.29, 0.717) is 22.6 Å². The van der Waals surface area contributed by atoms with Gasteiger partial charge in [-0.3, -0.25) is 0 Å². The molecule has 0 radical (unpaired) electrons. The highest BCUT2D eigenvalue weighted by Gasteiger charge is 2.24. The van der Waals surface area contributed by atoms with Crippen LogP contribution in [0.2, 0.25) is 0 Å². The minimum atomic E-state index is -0.323. The number of nitrogens with zero attached hydrogens (tertiary/aromatic N) is 3. The predicted molar refractivity (Wildman–Crippen MR) is 101 cm³/mol. The van der Waals surface area contributed by atoms with Crippen molar-refractivity contribution in [2.45, 2.75) is 6.42 Å². The van der Waals surface area contributed by atoms with Crippen molar-refractivity contribution in [3.05, 3.63) is 54.6 Å². The molecule has 6 heteroatoms. The number of rotatable bonds is 5. The quantitative estimate of drug-likeness (QED) is 0.758. The molecule has 2 aromatic carbocycles. The molecule has 1 aliphatic heterocycles. The van der Waals surface area contributed by atoms with E-state index in [4.69, 9.17) is 4.74 Å². The molecule has 26 heavy (non-hydrogen) atoms. The van der Waals surface area contributed by atoms with Crippen LogP contribution in [-0.4, -0.2) is 36.7 Å². The molecule has 134 valence electrons. The zero-order valence-corrected chi connectivity index (χ0v) is 14.7. The summed E-state index contributed by atoms with van der Waals surface area (Å²) in [6.45, 7) is 2.73. The van der Waals surface area contributed by atoms with Crippen LogP contribution >= 0.6 is 0 Å². The molecule has 1 aromatic heterocycles. The number of para-hydroxylation sites is 3. The molecule has 1 saturated heterocycles. The SMILES string of the molecule is COc1ccccc1N1CCC(CNc2ncnc3c(F)cccc23)C1. The minimum absolute atomic E-state index is 0.323. The Labute approximate surface area is 151 Å². The van der Waals surface area contributed by atoms with Crippen molar-refractivity contribution < 1.29 is 9.13 Å². The van der Waals surface area contributed by atoms with Crippen molar-refractivity contribution >= 4 is 22.4 Å². The average Bonchev–Trinajstić information content (AvgIpc) is 3.15. The molecule has 1 fully saturated rings. The van der Waals surface area contributed by atoms with Gasteiger partial charge in [-0.25, -0.2) is 14.4 Å². The second-order valence-corrected chi connectivity index (χ2v) is 6.51. The van der Waals surface area contributed by atoms with Gasteiger partial charge in [0.2, 0.25) is 0 Å². The number of hydrogen-bond acceptors (Lipinski definition) is 5. The fraction of sp³-hybridized carbons (Fsp3) is 0.300. The van der Waals surface area contributed by atoms with Crippen molar-refractivity contribution in [1.29, 1.82) is 0 Å². The van der Waals surface area contributed by atoms with E-state index in [0.717, 1.165) is 37.5 Å². The summed E-state index contributed by atoms with van der Waals surface area (Å²) in [6, 6.07) is 13.0. The van der Waals surface area contributed by atoms with Gasteiger partial charge in [0, 0.05) is 25.0 Å². The van der Waals surface area contributed by atoms with Crippen molar-refractivity contribution in [1.82, 2.24) is 9.97 Å². The van der Waals surface area contributed by atoms with Crippen LogP contribution in [0.1, 0.15) is 6.42 Å². The van der Waals surface area contributed by atoms with E-state index in [-0.39, 0.29) is 5.82 Å². The van der Waals surface area contributed by atoms with E-state index in [9.17, 15) is 4.39 Å². The van der Waals surface area contributed by atoms with Gasteiger partial charge in [-0.05, 0) is 36.6 Å². The van der Waals surface area contributed by atoms with Gasteiger partial charge in [0.25, 0.3) is 0 Å². The molecule has 0 amide bonds. The Morgan fingerprint density at radius 3 is 2.96 bits per heavy atom. The largest absolute Gasteiger partial charge is 0.495 e. The first-order valence-corrected chi connectivity index (χ1v) is 8.77. The van der Waals surface area contributed by atoms with Gasteiger partial charge < -0.3 is 15.0 Å². The first-order valence-electron chi connectivity index (χ1n) is 8.77. The number of hydrogen-bond donors (Lipinski definition) is 1. The Hall–Kier alpha value is -2.89. The lowest BCUT2D eigenvalue weighted by molar-refractivity contribution is 0.414. The van der Waals surface area contributed by atoms with E-state index in [1.807, 2.05) is 24.3 Å². The average molecular weight is 352 g/mol. The molecule has 0 spiro atoms. The number of benzene rings is 2. The van der Waals surface area contributed by atoms with Crippen LogP contribution in [0.15, 0.2) is 48.8 Å². The standard InChI is InChI=1S/C20H21FN4O/c1-26-18-8-3-2-7-17(18)25-10-9-14(12-25)11-22-20-15-5-4-6-16(21)19(15)23-13-24-20/h2-8,13-14H,9-12H2,1H3,(H,22,23,24). The van der Waals surface area contributed by atoms with Gasteiger partial charge in [0.1, 0.15) is 29.2 Å². The van der Waals surface area contributed by atoms with Gasteiger partial charge in [0.15, 0.2) is 0 Å². The normalized spacial score (nSPS) is 16.8. The molecule has 1 atom stereocenters. The second-order valence-electron chi connectivity index (χ2n) is 6.51. The fourth-order valence-corrected chi connectivity index (χ4v) is 3.54. The zero-order chi connectivity index (χ0) is 17.9. The van der Waals surface area contributed by atoms with Crippen molar-refractivity contribution in [2.75, 3.05) is 37.0 Å². The summed E-state index contributed by atoms with van der Waals surface area (Å²) < 4.78 is 19.4. The smallest absolute Gasteiger partial charge is 0.149 e. The third kappa shape index (κ3) is 3.14. The number of methoxy groups -OCH3 is 1. The van der Waals surface area contributed by atoms with Crippen LogP contribution in [0.4, 0.5) is 15.9 Å². The number of anilines is 2. The maximum atomic E-state index is 13.9. The molecule has 1 aliphatic rings. The van der Waals surface area contributed by atoms with E-state index in [1.54, 1.807) is 13.2 Å². The Kier molecular flexibility index (Phi) is 4.56. The number of aromatic nitrogens is 2. The molecule has 0 aliphatic carbocycles. The molecule has 2 heterocycles. The van der Waals surface area contributed by atoms with Crippen LogP contribution in [-0.2, 0) is 0 Å². The van der Waals surface area contributed by atoms with Crippen LogP contribution in [0.3, 0.4) is 0 Å². The molecule has 0 saturated carbocycles. The maximum Gasteiger partial charge on any atom is 0.149 e. The monoisotopic (exact) mass is 352 g/mol. The summed E-state index contributed by atoms with van der Waals surface area (Å²) in [5.74, 6) is 1.75. The summed E-state index contributed by atoms with van der Waals surface area (Å²) in [5, 5.41) is 4.10. The van der Waals surface area contributed by atoms with Gasteiger partial charge in [0.05, 0.1) is 12.8 Å². The maximum absolute atomic E-state index is 13.9. The van der Waals surface area contributed by atoms with Gasteiger partial charge in [-0.2, -0.15) is 0 Å². The molecule has 1 unspecified atom stereocenters. The molecular weight excluding hydrogens is 331 g/mol. The number of nitrogens with one attached hydrogen (secondary N) is 1. The summed E-state index contributed by atoms with van der Waals surface area (Å²) >= 11 is 0. The van der Waals surface area contributed by atoms with Crippen molar-refractivity contribution in [3.8, 4) is 5.75 Å². The molecular formula is C20H21FN4O. The summed E-state index contributed by atoms with van der Waals surface area (Å²) in [5.41, 5.74) is 1.49. The lowest BCUT2D eigenvalue weighted by atomic mass is 10.1. The first-order chi connectivity index (χ1) is 12.8. The lowest BCUT2D eigenvalue weighted by Crippen LogP contribution is -2.23. The summed E-state index contributed by atoms with van der Waals surface area (Å²) in [4.78, 5) is 10.7. The zero-order valence-electron chi connectivity index (χ0n) is 14.7. The lowest BCUT2D eigenvalue weighted by Gasteiger charge is -2.21. The minimum Gasteiger partial charge on any atom is -0.495 e. The fourth-order valence-electron chi connectivity index (χ4n) is 3.54. The third-order valence-electron chi connectivity index (χ3n) is 4.89. The number of ether oxygens (including phenoxy) is 1. The Morgan fingerprint density at radius 2 is 2.08 bits per heavy atom. The van der Waals surface area contributed by atoms with Gasteiger partial charge in [-0.15, -0.1) is 0 Å². The molecule has 5 nitrogen and oxygen atoms in total. The van der Waals surface area contributed by atoms with Gasteiger partial charge >= 0.3 is 0 Å². The topological polar surface area (TPSA) is 50.3 Å². The van der Waals surface area contributed by atoms with E-state index < -0.39 is 0 Å². The Morgan fingerprint density at radius 1 is 1.19 bits per heavy atom. The summed E-state index contributed by atoms with van der Waals surface area (Å²) in [6.07, 6.45) is 2.49. The molecule has 1 N–H and O–H groups in total. The van der Waals surface area contributed by atoms with Crippen molar-refractivity contribution in [3.63, 3.8) is 0 Å². The van der Waals surface area contributed by atoms with Crippen LogP contribution in [0.25, 0.3) is 10.9 Å². The molecule has 4 rings (SSSR count). The van der Waals surface area contributed by atoms with Gasteiger partial charge in [-0.1, -0.05) is 18.2 Å². The third-order valence-corrected chi connectivity index (χ3v) is 4.89. The van der Waals surface area contributed by atoms with Crippen LogP contribution in [0.5, 0.6) is 5.75 Å². The Bertz CT molecular complexity index is 917. The van der Waals surface area contributed by atoms with E-state index >= 15 is 0 Å². The molecule has 0 bridgehead atoms. The van der Waals surface area contributed by atoms with Crippen LogP contribution in [0, 0.1) is 11.7 Å².